The fourth-order valence-electron chi connectivity index (χ4n) is 8.66. The highest BCUT2D eigenvalue weighted by atomic mass is 14.5. The lowest BCUT2D eigenvalue weighted by Gasteiger charge is -2.30. The van der Waals surface area contributed by atoms with Gasteiger partial charge in [0.15, 0.2) is 0 Å². The highest BCUT2D eigenvalue weighted by Gasteiger charge is 2.51. The van der Waals surface area contributed by atoms with Gasteiger partial charge in [-0.2, -0.15) is 0 Å². The molecule has 0 aliphatic heterocycles. The summed E-state index contributed by atoms with van der Waals surface area (Å²) in [5.41, 5.74) is 26.0. The predicted octanol–water partition coefficient (Wildman–Crippen LogP) is 14.1. The van der Waals surface area contributed by atoms with Crippen LogP contribution in [0.1, 0.15) is 52.8 Å². The Morgan fingerprint density at radius 3 is 1.44 bits per heavy atom. The van der Waals surface area contributed by atoms with Crippen LogP contribution < -0.4 is 5.73 Å². The summed E-state index contributed by atoms with van der Waals surface area (Å²) in [7, 11) is 0. The van der Waals surface area contributed by atoms with Crippen molar-refractivity contribution in [2.75, 3.05) is 6.54 Å². The SMILES string of the molecule is C=C(C)c1cccc(-c2ccccc2)c1.C=C(c1ccccc1)c1cccc(-c2cccc3c2-c2ccccc2C32c3ccccc3-c3ccccc32)c1.CCN. The molecular formula is C56H47N. The third-order valence-electron chi connectivity index (χ3n) is 11.1. The van der Waals surface area contributed by atoms with Gasteiger partial charge in [0.2, 0.25) is 0 Å². The number of fused-ring (bicyclic) bond motifs is 10. The first-order valence-corrected chi connectivity index (χ1v) is 19.8. The number of allylic oxidation sites excluding steroid dienone is 1. The molecule has 0 aromatic heterocycles. The van der Waals surface area contributed by atoms with Crippen LogP contribution in [0.5, 0.6) is 0 Å². The molecule has 0 bridgehead atoms. The van der Waals surface area contributed by atoms with Crippen molar-refractivity contribution in [3.63, 3.8) is 0 Å². The van der Waals surface area contributed by atoms with E-state index in [4.69, 9.17) is 5.73 Å². The van der Waals surface area contributed by atoms with Gasteiger partial charge in [-0.1, -0.05) is 214 Å². The van der Waals surface area contributed by atoms with Gasteiger partial charge in [0, 0.05) is 0 Å². The van der Waals surface area contributed by atoms with E-state index in [9.17, 15) is 0 Å². The largest absolute Gasteiger partial charge is 0.331 e. The van der Waals surface area contributed by atoms with Gasteiger partial charge in [0.25, 0.3) is 0 Å². The maximum atomic E-state index is 4.85. The molecule has 2 N–H and O–H groups in total. The standard InChI is InChI=1S/C39H26.C15H14.C2H7N/c1-26(27-13-3-2-4-14-27)28-15-11-16-29(25-28)30-20-12-24-37-38(30)33-19-7-10-23-36(33)39(37)34-21-8-5-17-31(34)32-18-6-9-22-35(32)39;1-12(2)14-9-6-10-15(11-14)13-7-4-3-5-8-13;1-2-3/h2-25H,1H2;3-11H,1H2,2H3;2-3H2,1H3. The van der Waals surface area contributed by atoms with Gasteiger partial charge in [0.1, 0.15) is 0 Å². The summed E-state index contributed by atoms with van der Waals surface area (Å²) in [5, 5.41) is 0. The number of benzene rings is 8. The molecule has 0 heterocycles. The second-order valence-corrected chi connectivity index (χ2v) is 14.7. The van der Waals surface area contributed by atoms with Gasteiger partial charge in [-0.15, -0.1) is 0 Å². The van der Waals surface area contributed by atoms with Crippen LogP contribution in [0.3, 0.4) is 0 Å². The molecule has 276 valence electrons. The zero-order chi connectivity index (χ0) is 39.4. The molecule has 0 atom stereocenters. The fourth-order valence-corrected chi connectivity index (χ4v) is 8.66. The van der Waals surface area contributed by atoms with Gasteiger partial charge in [-0.05, 0) is 115 Å². The summed E-state index contributed by atoms with van der Waals surface area (Å²) in [6.45, 7) is 13.1. The molecule has 2 aliphatic rings. The summed E-state index contributed by atoms with van der Waals surface area (Å²) >= 11 is 0. The van der Waals surface area contributed by atoms with Crippen LogP contribution in [0, 0.1) is 0 Å². The third kappa shape index (κ3) is 6.67. The van der Waals surface area contributed by atoms with E-state index in [1.54, 1.807) is 0 Å². The van der Waals surface area contributed by atoms with E-state index in [0.717, 1.165) is 28.8 Å². The fraction of sp³-hybridized carbons (Fsp3) is 0.0714. The van der Waals surface area contributed by atoms with E-state index in [1.165, 1.54) is 72.3 Å². The minimum absolute atomic E-state index is 0.319. The highest BCUT2D eigenvalue weighted by molar-refractivity contribution is 6.00. The Hall–Kier alpha value is -6.80. The first-order chi connectivity index (χ1) is 28.0. The Morgan fingerprint density at radius 2 is 0.825 bits per heavy atom. The van der Waals surface area contributed by atoms with Crippen LogP contribution in [0.4, 0.5) is 0 Å². The average Bonchev–Trinajstić information content (AvgIpc) is 3.75. The first-order valence-electron chi connectivity index (χ1n) is 19.8. The van der Waals surface area contributed by atoms with E-state index < -0.39 is 0 Å². The zero-order valence-corrected chi connectivity index (χ0v) is 32.8. The summed E-state index contributed by atoms with van der Waals surface area (Å²) < 4.78 is 0. The van der Waals surface area contributed by atoms with Crippen molar-refractivity contribution in [1.29, 1.82) is 0 Å². The van der Waals surface area contributed by atoms with Gasteiger partial charge < -0.3 is 5.73 Å². The zero-order valence-electron chi connectivity index (χ0n) is 32.8. The summed E-state index contributed by atoms with van der Waals surface area (Å²) in [4.78, 5) is 0. The second-order valence-electron chi connectivity index (χ2n) is 14.7. The molecule has 1 heteroatoms. The highest BCUT2D eigenvalue weighted by Crippen LogP contribution is 2.63. The molecule has 57 heavy (non-hydrogen) atoms. The summed E-state index contributed by atoms with van der Waals surface area (Å²) in [5.74, 6) is 0. The van der Waals surface area contributed by atoms with Crippen LogP contribution in [-0.4, -0.2) is 6.54 Å². The van der Waals surface area contributed by atoms with Crippen LogP contribution in [0.2, 0.25) is 0 Å². The van der Waals surface area contributed by atoms with Crippen molar-refractivity contribution in [2.45, 2.75) is 19.3 Å². The number of hydrogen-bond donors (Lipinski definition) is 1. The molecule has 0 saturated carbocycles. The Morgan fingerprint density at radius 1 is 0.421 bits per heavy atom. The quantitative estimate of drug-likeness (QED) is 0.187. The van der Waals surface area contributed by atoms with E-state index in [0.29, 0.717) is 0 Å². The van der Waals surface area contributed by atoms with Crippen molar-refractivity contribution in [1.82, 2.24) is 0 Å². The van der Waals surface area contributed by atoms with Crippen molar-refractivity contribution in [2.24, 2.45) is 5.73 Å². The van der Waals surface area contributed by atoms with E-state index in [2.05, 4.69) is 201 Å². The Balaban J connectivity index is 0.000000211. The summed E-state index contributed by atoms with van der Waals surface area (Å²) in [6, 6.07) is 72.0. The van der Waals surface area contributed by atoms with Crippen LogP contribution >= 0.6 is 0 Å². The molecule has 0 saturated heterocycles. The molecule has 8 aromatic carbocycles. The lowest BCUT2D eigenvalue weighted by Crippen LogP contribution is -2.25. The van der Waals surface area contributed by atoms with Gasteiger partial charge in [-0.3, -0.25) is 0 Å². The van der Waals surface area contributed by atoms with Gasteiger partial charge >= 0.3 is 0 Å². The van der Waals surface area contributed by atoms with Crippen molar-refractivity contribution in [3.8, 4) is 44.5 Å². The first kappa shape index (κ1) is 37.1. The molecule has 1 spiro atoms. The maximum Gasteiger partial charge on any atom is 0.0725 e. The van der Waals surface area contributed by atoms with Gasteiger partial charge in [0.05, 0.1) is 5.41 Å². The molecule has 0 unspecified atom stereocenters. The van der Waals surface area contributed by atoms with Gasteiger partial charge in [-0.25, -0.2) is 0 Å². The molecule has 2 aliphatic carbocycles. The topological polar surface area (TPSA) is 26.0 Å². The Bertz CT molecular complexity index is 2670. The molecule has 1 nitrogen and oxygen atoms in total. The lowest BCUT2D eigenvalue weighted by molar-refractivity contribution is 0.794. The Labute approximate surface area is 338 Å². The molecule has 0 amide bonds. The van der Waals surface area contributed by atoms with Crippen LogP contribution in [0.25, 0.3) is 55.7 Å². The minimum atomic E-state index is -0.319. The number of rotatable bonds is 5. The molecule has 10 rings (SSSR count). The smallest absolute Gasteiger partial charge is 0.0725 e. The monoisotopic (exact) mass is 733 g/mol. The maximum absolute atomic E-state index is 4.85. The second kappa shape index (κ2) is 16.1. The molecule has 0 fully saturated rings. The average molecular weight is 734 g/mol. The number of nitrogens with two attached hydrogens (primary N) is 1. The van der Waals surface area contributed by atoms with Crippen LogP contribution in [0.15, 0.2) is 213 Å². The molecular weight excluding hydrogens is 687 g/mol. The van der Waals surface area contributed by atoms with E-state index in [1.807, 2.05) is 26.0 Å². The predicted molar refractivity (Wildman–Crippen MR) is 244 cm³/mol. The van der Waals surface area contributed by atoms with Crippen molar-refractivity contribution < 1.29 is 0 Å². The van der Waals surface area contributed by atoms with Crippen LogP contribution in [-0.2, 0) is 5.41 Å². The molecule has 0 radical (unpaired) electrons. The number of hydrogen-bond acceptors (Lipinski definition) is 1. The van der Waals surface area contributed by atoms with Crippen molar-refractivity contribution in [3.05, 3.63) is 252 Å². The Kier molecular flexibility index (Phi) is 10.5. The minimum Gasteiger partial charge on any atom is -0.331 e. The lowest BCUT2D eigenvalue weighted by atomic mass is 9.70. The molecule has 8 aromatic rings. The van der Waals surface area contributed by atoms with E-state index >= 15 is 0 Å². The van der Waals surface area contributed by atoms with E-state index in [-0.39, 0.29) is 5.41 Å². The summed E-state index contributed by atoms with van der Waals surface area (Å²) in [6.07, 6.45) is 0. The van der Waals surface area contributed by atoms with Crippen molar-refractivity contribution >= 4 is 11.1 Å². The normalized spacial score (nSPS) is 12.1. The third-order valence-corrected chi connectivity index (χ3v) is 11.1.